The maximum absolute atomic E-state index is 12.9. The summed E-state index contributed by atoms with van der Waals surface area (Å²) in [5, 5.41) is 7.57. The minimum Gasteiger partial charge on any atom is -0.486 e. The largest absolute Gasteiger partial charge is 0.486 e. The molecule has 0 aliphatic carbocycles. The first-order valence-electron chi connectivity index (χ1n) is 8.96. The molecule has 7 heteroatoms. The molecule has 4 rings (SSSR count). The number of aromatic nitrogens is 2. The Balaban J connectivity index is 1.59. The number of pyridine rings is 1. The third-order valence-corrected chi connectivity index (χ3v) is 4.53. The van der Waals surface area contributed by atoms with Gasteiger partial charge in [-0.1, -0.05) is 25.1 Å². The van der Waals surface area contributed by atoms with Crippen molar-refractivity contribution in [2.24, 2.45) is 0 Å². The highest BCUT2D eigenvalue weighted by atomic mass is 16.6. The van der Waals surface area contributed by atoms with Crippen LogP contribution in [0.1, 0.15) is 47.1 Å². The van der Waals surface area contributed by atoms with Crippen molar-refractivity contribution in [3.63, 3.8) is 0 Å². The quantitative estimate of drug-likeness (QED) is 0.761. The third kappa shape index (κ3) is 3.32. The molecule has 0 atom stereocenters. The second-order valence-electron chi connectivity index (χ2n) is 6.86. The monoisotopic (exact) mass is 367 g/mol. The molecule has 1 aromatic carbocycles. The number of hydrogen-bond acceptors (Lipinski definition) is 6. The van der Waals surface area contributed by atoms with Crippen LogP contribution in [-0.2, 0) is 6.54 Å². The van der Waals surface area contributed by atoms with Crippen molar-refractivity contribution in [2.45, 2.75) is 33.2 Å². The Labute approximate surface area is 156 Å². The van der Waals surface area contributed by atoms with Crippen molar-refractivity contribution < 1.29 is 18.8 Å². The summed E-state index contributed by atoms with van der Waals surface area (Å²) in [6.07, 6.45) is 0. The van der Waals surface area contributed by atoms with E-state index in [0.717, 1.165) is 17.0 Å². The van der Waals surface area contributed by atoms with Crippen molar-refractivity contribution in [2.75, 3.05) is 13.2 Å². The minimum atomic E-state index is -0.189. The van der Waals surface area contributed by atoms with E-state index in [1.165, 1.54) is 0 Å². The molecule has 140 valence electrons. The smallest absolute Gasteiger partial charge is 0.259 e. The van der Waals surface area contributed by atoms with Gasteiger partial charge in [0.25, 0.3) is 11.6 Å². The first kappa shape index (κ1) is 17.3. The number of rotatable bonds is 4. The zero-order valence-corrected chi connectivity index (χ0v) is 15.5. The number of carbonyl (C=O) groups is 1. The van der Waals surface area contributed by atoms with E-state index in [9.17, 15) is 4.79 Å². The Kier molecular flexibility index (Phi) is 4.43. The topological polar surface area (TPSA) is 86.5 Å². The Morgan fingerprint density at radius 2 is 1.96 bits per heavy atom. The fraction of sp³-hybridized carbons (Fsp3) is 0.350. The van der Waals surface area contributed by atoms with Crippen LogP contribution in [0.4, 0.5) is 0 Å². The van der Waals surface area contributed by atoms with Gasteiger partial charge in [0.05, 0.1) is 16.6 Å². The van der Waals surface area contributed by atoms with Crippen molar-refractivity contribution >= 4 is 17.0 Å². The van der Waals surface area contributed by atoms with Gasteiger partial charge in [-0.3, -0.25) is 4.79 Å². The summed E-state index contributed by atoms with van der Waals surface area (Å²) in [4.78, 5) is 17.3. The predicted octanol–water partition coefficient (Wildman–Crippen LogP) is 3.36. The Hall–Kier alpha value is -3.09. The predicted molar refractivity (Wildman–Crippen MR) is 99.2 cm³/mol. The molecule has 1 aliphatic heterocycles. The number of nitrogens with one attached hydrogen (secondary N) is 1. The molecule has 27 heavy (non-hydrogen) atoms. The minimum absolute atomic E-state index is 0.171. The fourth-order valence-corrected chi connectivity index (χ4v) is 3.06. The molecule has 0 saturated carbocycles. The lowest BCUT2D eigenvalue weighted by Crippen LogP contribution is -2.24. The fourth-order valence-electron chi connectivity index (χ4n) is 3.06. The van der Waals surface area contributed by atoms with Crippen molar-refractivity contribution in [1.82, 2.24) is 15.5 Å². The Morgan fingerprint density at radius 3 is 2.74 bits per heavy atom. The van der Waals surface area contributed by atoms with Gasteiger partial charge in [-0.15, -0.1) is 0 Å². The number of aryl methyl sites for hydroxylation is 1. The summed E-state index contributed by atoms with van der Waals surface area (Å²) >= 11 is 0. The van der Waals surface area contributed by atoms with Crippen LogP contribution in [0.2, 0.25) is 0 Å². The molecule has 0 spiro atoms. The summed E-state index contributed by atoms with van der Waals surface area (Å²) in [7, 11) is 0. The molecule has 3 aromatic rings. The zero-order chi connectivity index (χ0) is 19.0. The SMILES string of the molecule is Cc1noc2nc(C(C)C)cc(C(=O)NCc3ccc4c(c3)OCCO4)c12. The van der Waals surface area contributed by atoms with Crippen LogP contribution in [0.5, 0.6) is 11.5 Å². The van der Waals surface area contributed by atoms with Gasteiger partial charge in [-0.2, -0.15) is 0 Å². The van der Waals surface area contributed by atoms with E-state index < -0.39 is 0 Å². The van der Waals surface area contributed by atoms with Crippen LogP contribution in [-0.4, -0.2) is 29.3 Å². The van der Waals surface area contributed by atoms with Crippen LogP contribution in [0.15, 0.2) is 28.8 Å². The number of nitrogens with zero attached hydrogens (tertiary/aromatic N) is 2. The summed E-state index contributed by atoms with van der Waals surface area (Å²) in [5.41, 5.74) is 3.30. The van der Waals surface area contributed by atoms with Crippen LogP contribution in [0, 0.1) is 6.92 Å². The number of hydrogen-bond donors (Lipinski definition) is 1. The maximum Gasteiger partial charge on any atom is 0.259 e. The Bertz CT molecular complexity index is 1010. The number of carbonyl (C=O) groups excluding carboxylic acids is 1. The summed E-state index contributed by atoms with van der Waals surface area (Å²) in [5.74, 6) is 1.42. The van der Waals surface area contributed by atoms with Crippen molar-refractivity contribution in [1.29, 1.82) is 0 Å². The van der Waals surface area contributed by atoms with Gasteiger partial charge < -0.3 is 19.3 Å². The zero-order valence-electron chi connectivity index (χ0n) is 15.5. The number of ether oxygens (including phenoxy) is 2. The molecular formula is C20H21N3O4. The highest BCUT2D eigenvalue weighted by Crippen LogP contribution is 2.31. The van der Waals surface area contributed by atoms with Crippen LogP contribution in [0.25, 0.3) is 11.1 Å². The Morgan fingerprint density at radius 1 is 1.19 bits per heavy atom. The van der Waals surface area contributed by atoms with Gasteiger partial charge in [0.15, 0.2) is 11.5 Å². The molecule has 0 saturated heterocycles. The lowest BCUT2D eigenvalue weighted by atomic mass is 10.0. The van der Waals surface area contributed by atoms with E-state index in [-0.39, 0.29) is 11.8 Å². The lowest BCUT2D eigenvalue weighted by Gasteiger charge is -2.19. The van der Waals surface area contributed by atoms with Crippen molar-refractivity contribution in [3.8, 4) is 11.5 Å². The molecule has 1 N–H and O–H groups in total. The van der Waals surface area contributed by atoms with Crippen molar-refractivity contribution in [3.05, 3.63) is 46.8 Å². The van der Waals surface area contributed by atoms with E-state index in [1.54, 1.807) is 6.92 Å². The summed E-state index contributed by atoms with van der Waals surface area (Å²) < 4.78 is 16.4. The van der Waals surface area contributed by atoms with Gasteiger partial charge in [0.1, 0.15) is 13.2 Å². The standard InChI is InChI=1S/C20H21N3O4/c1-11(2)15-9-14(18-12(3)23-27-20(18)22-15)19(24)21-10-13-4-5-16-17(8-13)26-7-6-25-16/h4-5,8-9,11H,6-7,10H2,1-3H3,(H,21,24). The summed E-state index contributed by atoms with van der Waals surface area (Å²) in [6, 6.07) is 7.49. The molecule has 3 heterocycles. The molecule has 7 nitrogen and oxygen atoms in total. The van der Waals surface area contributed by atoms with Crippen LogP contribution in [0.3, 0.4) is 0 Å². The molecule has 0 bridgehead atoms. The number of benzene rings is 1. The molecule has 1 aliphatic rings. The van der Waals surface area contributed by atoms with E-state index in [0.29, 0.717) is 47.9 Å². The van der Waals surface area contributed by atoms with Gasteiger partial charge in [-0.05, 0) is 36.6 Å². The normalized spacial score (nSPS) is 13.2. The number of fused-ring (bicyclic) bond motifs is 2. The van der Waals surface area contributed by atoms with Gasteiger partial charge in [0, 0.05) is 12.2 Å². The molecule has 0 unspecified atom stereocenters. The second-order valence-corrected chi connectivity index (χ2v) is 6.86. The molecule has 1 amide bonds. The van der Waals surface area contributed by atoms with Gasteiger partial charge in [0.2, 0.25) is 0 Å². The highest BCUT2D eigenvalue weighted by molar-refractivity contribution is 6.06. The van der Waals surface area contributed by atoms with Crippen LogP contribution >= 0.6 is 0 Å². The van der Waals surface area contributed by atoms with E-state index in [4.69, 9.17) is 14.0 Å². The van der Waals surface area contributed by atoms with E-state index >= 15 is 0 Å². The molecule has 0 radical (unpaired) electrons. The lowest BCUT2D eigenvalue weighted by molar-refractivity contribution is 0.0952. The first-order valence-corrected chi connectivity index (χ1v) is 8.96. The highest BCUT2D eigenvalue weighted by Gasteiger charge is 2.20. The third-order valence-electron chi connectivity index (χ3n) is 4.53. The molecular weight excluding hydrogens is 346 g/mol. The summed E-state index contributed by atoms with van der Waals surface area (Å²) in [6.45, 7) is 7.31. The van der Waals surface area contributed by atoms with Crippen LogP contribution < -0.4 is 14.8 Å². The first-order chi connectivity index (χ1) is 13.0. The van der Waals surface area contributed by atoms with Gasteiger partial charge >= 0.3 is 0 Å². The average molecular weight is 367 g/mol. The molecule has 0 fully saturated rings. The second kappa shape index (κ2) is 6.90. The van der Waals surface area contributed by atoms with E-state index in [2.05, 4.69) is 15.5 Å². The molecule has 2 aromatic heterocycles. The number of amides is 1. The average Bonchev–Trinajstić information content (AvgIpc) is 3.06. The maximum atomic E-state index is 12.9. The van der Waals surface area contributed by atoms with E-state index in [1.807, 2.05) is 38.1 Å². The van der Waals surface area contributed by atoms with Gasteiger partial charge in [-0.25, -0.2) is 4.98 Å².